The van der Waals surface area contributed by atoms with E-state index in [-0.39, 0.29) is 46.0 Å². The summed E-state index contributed by atoms with van der Waals surface area (Å²) in [6.07, 6.45) is 1.48. The van der Waals surface area contributed by atoms with Crippen LogP contribution in [0.5, 0.6) is 17.2 Å². The maximum absolute atomic E-state index is 12.8. The van der Waals surface area contributed by atoms with Crippen LogP contribution in [0.25, 0.3) is 0 Å². The van der Waals surface area contributed by atoms with Gasteiger partial charge in [0.2, 0.25) is 0 Å². The number of aromatic nitrogens is 2. The van der Waals surface area contributed by atoms with E-state index in [1.165, 1.54) is 47.3 Å². The van der Waals surface area contributed by atoms with Gasteiger partial charge in [-0.25, -0.2) is 4.68 Å². The van der Waals surface area contributed by atoms with Gasteiger partial charge in [0.25, 0.3) is 17.3 Å². The zero-order chi connectivity index (χ0) is 27.4. The number of anilines is 1. The Hall–Kier alpha value is -4.97. The summed E-state index contributed by atoms with van der Waals surface area (Å²) in [5.74, 6) is 0.271. The molecule has 0 bridgehead atoms. The zero-order valence-corrected chi connectivity index (χ0v) is 20.8. The average molecular weight is 538 g/mol. The quantitative estimate of drug-likeness (QED) is 0.200. The van der Waals surface area contributed by atoms with Gasteiger partial charge < -0.3 is 14.8 Å². The van der Waals surface area contributed by atoms with Crippen LogP contribution in [-0.4, -0.2) is 25.5 Å². The number of aryl methyl sites for hydroxylation is 2. The summed E-state index contributed by atoms with van der Waals surface area (Å²) in [5.41, 5.74) is 1.66. The Morgan fingerprint density at radius 2 is 1.63 bits per heavy atom. The van der Waals surface area contributed by atoms with Crippen LogP contribution in [0, 0.1) is 34.1 Å². The number of non-ortho nitro benzene ring substituents is 2. The molecule has 0 fully saturated rings. The fourth-order valence-corrected chi connectivity index (χ4v) is 3.78. The number of carbonyl (C=O) groups is 1. The van der Waals surface area contributed by atoms with Crippen molar-refractivity contribution >= 4 is 34.6 Å². The minimum Gasteiger partial charge on any atom is -0.470 e. The number of hydrogen-bond donors (Lipinski definition) is 1. The number of rotatable bonds is 9. The lowest BCUT2D eigenvalue weighted by molar-refractivity contribution is -0.385. The molecule has 3 aromatic carbocycles. The van der Waals surface area contributed by atoms with Crippen molar-refractivity contribution in [1.29, 1.82) is 0 Å². The lowest BCUT2D eigenvalue weighted by Crippen LogP contribution is -2.14. The van der Waals surface area contributed by atoms with Crippen LogP contribution in [-0.2, 0) is 6.73 Å². The van der Waals surface area contributed by atoms with Gasteiger partial charge in [-0.1, -0.05) is 17.7 Å². The van der Waals surface area contributed by atoms with Crippen molar-refractivity contribution in [3.8, 4) is 17.2 Å². The van der Waals surface area contributed by atoms with Crippen LogP contribution < -0.4 is 14.8 Å². The minimum absolute atomic E-state index is 0.0201. The SMILES string of the molecule is Cc1cc(C)cc(Oc2cc(NC(=O)c3ccn(COc4ccc([N+](=O)[O-])cc4Cl)n3)cc([N+](=O)[O-])c2)c1. The molecule has 0 unspecified atom stereocenters. The molecule has 1 amide bonds. The number of ether oxygens (including phenoxy) is 2. The predicted octanol–water partition coefficient (Wildman–Crippen LogP) is 6.05. The minimum atomic E-state index is -0.616. The molecule has 12 nitrogen and oxygen atoms in total. The van der Waals surface area contributed by atoms with E-state index in [4.69, 9.17) is 21.1 Å². The molecule has 0 aliphatic carbocycles. The molecule has 194 valence electrons. The molecule has 13 heteroatoms. The first kappa shape index (κ1) is 26.1. The molecular weight excluding hydrogens is 518 g/mol. The molecule has 0 spiro atoms. The molecule has 1 aromatic heterocycles. The molecule has 38 heavy (non-hydrogen) atoms. The van der Waals surface area contributed by atoms with Gasteiger partial charge in [-0.2, -0.15) is 5.10 Å². The first-order valence-electron chi connectivity index (χ1n) is 11.0. The van der Waals surface area contributed by atoms with Crippen molar-refractivity contribution in [2.24, 2.45) is 0 Å². The first-order valence-corrected chi connectivity index (χ1v) is 11.4. The summed E-state index contributed by atoms with van der Waals surface area (Å²) in [7, 11) is 0. The summed E-state index contributed by atoms with van der Waals surface area (Å²) in [6.45, 7) is 3.68. The van der Waals surface area contributed by atoms with E-state index in [0.717, 1.165) is 17.2 Å². The molecule has 0 atom stereocenters. The maximum Gasteiger partial charge on any atom is 0.276 e. The van der Waals surface area contributed by atoms with Crippen molar-refractivity contribution in [2.45, 2.75) is 20.6 Å². The van der Waals surface area contributed by atoms with Gasteiger partial charge >= 0.3 is 0 Å². The third-order valence-electron chi connectivity index (χ3n) is 5.14. The number of hydrogen-bond acceptors (Lipinski definition) is 8. The number of amides is 1. The van der Waals surface area contributed by atoms with Crippen molar-refractivity contribution in [1.82, 2.24) is 9.78 Å². The Kier molecular flexibility index (Phi) is 7.53. The molecule has 4 rings (SSSR count). The highest BCUT2D eigenvalue weighted by atomic mass is 35.5. The van der Waals surface area contributed by atoms with Gasteiger partial charge in [0.15, 0.2) is 12.4 Å². The summed E-state index contributed by atoms with van der Waals surface area (Å²) in [5, 5.41) is 29.1. The van der Waals surface area contributed by atoms with Gasteiger partial charge in [0, 0.05) is 30.5 Å². The molecule has 0 saturated heterocycles. The van der Waals surface area contributed by atoms with Crippen LogP contribution in [0.1, 0.15) is 21.6 Å². The van der Waals surface area contributed by atoms with Crippen LogP contribution in [0.4, 0.5) is 17.1 Å². The lowest BCUT2D eigenvalue weighted by Gasteiger charge is -2.10. The van der Waals surface area contributed by atoms with E-state index in [2.05, 4.69) is 10.4 Å². The van der Waals surface area contributed by atoms with E-state index < -0.39 is 15.8 Å². The molecule has 4 aromatic rings. The molecule has 0 aliphatic heterocycles. The second-order valence-electron chi connectivity index (χ2n) is 8.24. The van der Waals surface area contributed by atoms with E-state index in [1.807, 2.05) is 19.9 Å². The van der Waals surface area contributed by atoms with E-state index in [0.29, 0.717) is 5.75 Å². The lowest BCUT2D eigenvalue weighted by atomic mass is 10.1. The Balaban J connectivity index is 1.46. The third kappa shape index (κ3) is 6.42. The third-order valence-corrected chi connectivity index (χ3v) is 5.44. The van der Waals surface area contributed by atoms with Crippen molar-refractivity contribution in [3.05, 3.63) is 109 Å². The van der Waals surface area contributed by atoms with Crippen molar-refractivity contribution in [2.75, 3.05) is 5.32 Å². The smallest absolute Gasteiger partial charge is 0.276 e. The first-order chi connectivity index (χ1) is 18.1. The van der Waals surface area contributed by atoms with Crippen molar-refractivity contribution < 1.29 is 24.1 Å². The Morgan fingerprint density at radius 3 is 2.29 bits per heavy atom. The van der Waals surface area contributed by atoms with E-state index >= 15 is 0 Å². The highest BCUT2D eigenvalue weighted by Crippen LogP contribution is 2.31. The Bertz CT molecular complexity index is 1530. The summed E-state index contributed by atoms with van der Waals surface area (Å²) in [4.78, 5) is 33.9. The monoisotopic (exact) mass is 537 g/mol. The number of nitrogens with one attached hydrogen (secondary N) is 1. The topological polar surface area (TPSA) is 152 Å². The molecule has 1 N–H and O–H groups in total. The van der Waals surface area contributed by atoms with Gasteiger partial charge in [-0.15, -0.1) is 0 Å². The van der Waals surface area contributed by atoms with Crippen LogP contribution in [0.2, 0.25) is 5.02 Å². The van der Waals surface area contributed by atoms with Crippen LogP contribution >= 0.6 is 11.6 Å². The normalized spacial score (nSPS) is 10.6. The molecule has 0 aliphatic rings. The van der Waals surface area contributed by atoms with Gasteiger partial charge in [0.05, 0.1) is 26.6 Å². The van der Waals surface area contributed by atoms with Crippen LogP contribution in [0.15, 0.2) is 66.9 Å². The summed E-state index contributed by atoms with van der Waals surface area (Å²) < 4.78 is 12.7. The number of nitrogens with zero attached hydrogens (tertiary/aromatic N) is 4. The fraction of sp³-hybridized carbons (Fsp3) is 0.120. The zero-order valence-electron chi connectivity index (χ0n) is 20.1. The second-order valence-corrected chi connectivity index (χ2v) is 8.65. The standard InChI is InChI=1S/C25H20ClN5O7/c1-15-7-16(2)9-20(8-15)38-21-11-17(10-19(12-21)31(35)36)27-25(32)23-5-6-29(28-23)14-37-24-4-3-18(30(33)34)13-22(24)26/h3-13H,14H2,1-2H3,(H,27,32). The highest BCUT2D eigenvalue weighted by molar-refractivity contribution is 6.32. The number of nitro groups is 2. The van der Waals surface area contributed by atoms with Crippen LogP contribution in [0.3, 0.4) is 0 Å². The highest BCUT2D eigenvalue weighted by Gasteiger charge is 2.16. The predicted molar refractivity (Wildman–Crippen MR) is 138 cm³/mol. The number of halogens is 1. The largest absolute Gasteiger partial charge is 0.470 e. The van der Waals surface area contributed by atoms with Gasteiger partial charge in [-0.05, 0) is 49.2 Å². The summed E-state index contributed by atoms with van der Waals surface area (Å²) in [6, 6.07) is 14.7. The molecule has 1 heterocycles. The molecular formula is C25H20ClN5O7. The second kappa shape index (κ2) is 11.0. The average Bonchev–Trinajstić information content (AvgIpc) is 3.31. The maximum atomic E-state index is 12.8. The van der Waals surface area contributed by atoms with Crippen molar-refractivity contribution in [3.63, 3.8) is 0 Å². The number of carbonyl (C=O) groups excluding carboxylic acids is 1. The van der Waals surface area contributed by atoms with E-state index in [1.54, 1.807) is 12.1 Å². The van der Waals surface area contributed by atoms with E-state index in [9.17, 15) is 25.0 Å². The Morgan fingerprint density at radius 1 is 0.947 bits per heavy atom. The number of nitro benzene ring substituents is 2. The number of benzene rings is 3. The molecule has 0 saturated carbocycles. The fourth-order valence-electron chi connectivity index (χ4n) is 3.55. The Labute approximate surface area is 220 Å². The summed E-state index contributed by atoms with van der Waals surface area (Å²) >= 11 is 6.02. The van der Waals surface area contributed by atoms with Gasteiger partial charge in [0.1, 0.15) is 17.2 Å². The molecule has 0 radical (unpaired) electrons. The van der Waals surface area contributed by atoms with Gasteiger partial charge in [-0.3, -0.25) is 25.0 Å².